The molecule has 264 valence electrons. The van der Waals surface area contributed by atoms with E-state index < -0.39 is 5.41 Å². The maximum atomic E-state index is 6.63. The summed E-state index contributed by atoms with van der Waals surface area (Å²) < 4.78 is 8.92. The molecule has 1 aliphatic heterocycles. The first-order chi connectivity index (χ1) is 28.3. The molecule has 4 heteroatoms. The van der Waals surface area contributed by atoms with E-state index in [4.69, 9.17) is 14.7 Å². The van der Waals surface area contributed by atoms with E-state index in [0.29, 0.717) is 0 Å². The van der Waals surface area contributed by atoms with Crippen molar-refractivity contribution in [1.29, 1.82) is 0 Å². The molecule has 1 spiro atoms. The van der Waals surface area contributed by atoms with E-state index in [9.17, 15) is 0 Å². The Morgan fingerprint density at radius 1 is 0.404 bits per heavy atom. The molecular formula is C53H30N2OS. The quantitative estimate of drug-likeness (QED) is 0.165. The predicted octanol–water partition coefficient (Wildman–Crippen LogP) is 14.1. The van der Waals surface area contributed by atoms with Gasteiger partial charge in [-0.25, -0.2) is 9.97 Å². The van der Waals surface area contributed by atoms with Crippen LogP contribution in [0.4, 0.5) is 0 Å². The first kappa shape index (κ1) is 31.1. The summed E-state index contributed by atoms with van der Waals surface area (Å²) in [4.78, 5) is 11.0. The molecule has 9 aromatic carbocycles. The molecule has 11 aromatic rings. The summed E-state index contributed by atoms with van der Waals surface area (Å²) in [5, 5.41) is 8.59. The second kappa shape index (κ2) is 11.5. The van der Waals surface area contributed by atoms with E-state index in [1.807, 2.05) is 0 Å². The van der Waals surface area contributed by atoms with Crippen LogP contribution in [0.25, 0.3) is 86.4 Å². The van der Waals surface area contributed by atoms with E-state index in [1.165, 1.54) is 59.3 Å². The Kier molecular flexibility index (Phi) is 6.25. The summed E-state index contributed by atoms with van der Waals surface area (Å²) in [6.07, 6.45) is 0. The van der Waals surface area contributed by atoms with Gasteiger partial charge < -0.3 is 4.74 Å². The third kappa shape index (κ3) is 4.15. The second-order valence-corrected chi connectivity index (χ2v) is 16.2. The third-order valence-electron chi connectivity index (χ3n) is 12.3. The number of thiophene rings is 1. The van der Waals surface area contributed by atoms with Gasteiger partial charge in [0, 0.05) is 32.3 Å². The smallest absolute Gasteiger partial charge is 0.160 e. The highest BCUT2D eigenvalue weighted by Gasteiger charge is 2.51. The number of hydrogen-bond donors (Lipinski definition) is 0. The fourth-order valence-corrected chi connectivity index (χ4v) is 11.1. The Morgan fingerprint density at radius 3 is 1.67 bits per heavy atom. The Morgan fingerprint density at radius 2 is 0.947 bits per heavy atom. The highest BCUT2D eigenvalue weighted by Crippen LogP contribution is 2.62. The summed E-state index contributed by atoms with van der Waals surface area (Å²) in [6, 6.07) is 65.8. The fraction of sp³-hybridized carbons (Fsp3) is 0.0189. The molecule has 57 heavy (non-hydrogen) atoms. The lowest BCUT2D eigenvalue weighted by molar-refractivity contribution is 0.436. The van der Waals surface area contributed by atoms with Gasteiger partial charge in [-0.2, -0.15) is 0 Å². The standard InChI is InChI=1S/C53H30N2OS/c1-2-15-35-33(13-1)34-14-3-4-16-36(34)41-29-32(26-27-37(35)41)52-54-49(51-50(55-52)40-18-6-12-24-48(40)57-51)31-25-28-39-38-17-5-7-19-42(38)53(45(39)30-31)43-20-8-10-22-46(43)56-47-23-11-9-21-44(47)53/h1-30H. The number of rotatable bonds is 2. The minimum atomic E-state index is -0.565. The van der Waals surface area contributed by atoms with Crippen molar-refractivity contribution in [2.45, 2.75) is 5.41 Å². The van der Waals surface area contributed by atoms with Crippen LogP contribution in [0.5, 0.6) is 11.5 Å². The molecule has 0 atom stereocenters. The van der Waals surface area contributed by atoms with E-state index in [0.717, 1.165) is 60.9 Å². The van der Waals surface area contributed by atoms with Gasteiger partial charge in [-0.1, -0.05) is 152 Å². The highest BCUT2D eigenvalue weighted by molar-refractivity contribution is 7.26. The van der Waals surface area contributed by atoms with Gasteiger partial charge >= 0.3 is 0 Å². The van der Waals surface area contributed by atoms with Gasteiger partial charge in [-0.3, -0.25) is 0 Å². The number of benzene rings is 9. The molecule has 2 aliphatic rings. The van der Waals surface area contributed by atoms with E-state index in [-0.39, 0.29) is 0 Å². The van der Waals surface area contributed by atoms with Crippen molar-refractivity contribution in [3.63, 3.8) is 0 Å². The van der Waals surface area contributed by atoms with Gasteiger partial charge in [0.15, 0.2) is 5.82 Å². The molecule has 0 saturated carbocycles. The van der Waals surface area contributed by atoms with Crippen molar-refractivity contribution < 1.29 is 4.74 Å². The molecule has 0 fully saturated rings. The average Bonchev–Trinajstić information content (AvgIpc) is 3.80. The maximum absolute atomic E-state index is 6.63. The monoisotopic (exact) mass is 742 g/mol. The lowest BCUT2D eigenvalue weighted by atomic mass is 9.66. The largest absolute Gasteiger partial charge is 0.457 e. The summed E-state index contributed by atoms with van der Waals surface area (Å²) in [7, 11) is 0. The van der Waals surface area contributed by atoms with Crippen LogP contribution in [0.15, 0.2) is 182 Å². The first-order valence-corrected chi connectivity index (χ1v) is 20.2. The summed E-state index contributed by atoms with van der Waals surface area (Å²) in [6.45, 7) is 0. The number of aromatic nitrogens is 2. The van der Waals surface area contributed by atoms with Crippen LogP contribution in [0, 0.1) is 0 Å². The number of hydrogen-bond acceptors (Lipinski definition) is 4. The van der Waals surface area contributed by atoms with Crippen molar-refractivity contribution in [2.24, 2.45) is 0 Å². The normalized spacial score (nSPS) is 13.5. The van der Waals surface area contributed by atoms with Crippen LogP contribution in [0.3, 0.4) is 0 Å². The third-order valence-corrected chi connectivity index (χ3v) is 13.5. The molecule has 3 heterocycles. The zero-order valence-electron chi connectivity index (χ0n) is 30.5. The zero-order valence-corrected chi connectivity index (χ0v) is 31.3. The lowest BCUT2D eigenvalue weighted by Gasteiger charge is -2.39. The summed E-state index contributed by atoms with van der Waals surface area (Å²) in [5.74, 6) is 2.50. The SMILES string of the molecule is c1ccc2c(c1)Oc1ccccc1C21c2ccccc2-c2ccc(-c3nc(-c4ccc5c6ccccc6c6ccccc6c5c4)nc4c3sc3ccccc34)cc21. The van der Waals surface area contributed by atoms with Crippen molar-refractivity contribution in [2.75, 3.05) is 0 Å². The van der Waals surface area contributed by atoms with Crippen LogP contribution < -0.4 is 4.74 Å². The lowest BCUT2D eigenvalue weighted by Crippen LogP contribution is -2.32. The number of para-hydroxylation sites is 2. The van der Waals surface area contributed by atoms with E-state index >= 15 is 0 Å². The van der Waals surface area contributed by atoms with Gasteiger partial charge in [0.05, 0.1) is 21.3 Å². The average molecular weight is 743 g/mol. The van der Waals surface area contributed by atoms with Gasteiger partial charge in [0.25, 0.3) is 0 Å². The van der Waals surface area contributed by atoms with Crippen molar-refractivity contribution in [3.05, 3.63) is 204 Å². The Bertz CT molecular complexity index is 3450. The van der Waals surface area contributed by atoms with Crippen LogP contribution in [-0.4, -0.2) is 9.97 Å². The molecule has 0 amide bonds. The number of fused-ring (bicyclic) bond motifs is 18. The first-order valence-electron chi connectivity index (χ1n) is 19.4. The van der Waals surface area contributed by atoms with Crippen molar-refractivity contribution in [3.8, 4) is 45.3 Å². The molecule has 0 radical (unpaired) electrons. The predicted molar refractivity (Wildman–Crippen MR) is 236 cm³/mol. The minimum Gasteiger partial charge on any atom is -0.457 e. The maximum Gasteiger partial charge on any atom is 0.160 e. The number of nitrogens with zero attached hydrogens (tertiary/aromatic N) is 2. The summed E-state index contributed by atoms with van der Waals surface area (Å²) >= 11 is 1.77. The molecule has 0 unspecified atom stereocenters. The topological polar surface area (TPSA) is 35.0 Å². The Hall–Kier alpha value is -7.14. The van der Waals surface area contributed by atoms with E-state index in [2.05, 4.69) is 182 Å². The fourth-order valence-electron chi connectivity index (χ4n) is 9.96. The van der Waals surface area contributed by atoms with Crippen molar-refractivity contribution >= 4 is 64.0 Å². The Labute approximate surface area is 332 Å². The van der Waals surface area contributed by atoms with Crippen LogP contribution >= 0.6 is 11.3 Å². The number of ether oxygens (including phenoxy) is 1. The summed E-state index contributed by atoms with van der Waals surface area (Å²) in [5.41, 5.74) is 10.7. The van der Waals surface area contributed by atoms with Gasteiger partial charge in [-0.15, -0.1) is 11.3 Å². The molecule has 2 aromatic heterocycles. The van der Waals surface area contributed by atoms with Gasteiger partial charge in [-0.05, 0) is 84.9 Å². The van der Waals surface area contributed by atoms with Crippen LogP contribution in [-0.2, 0) is 5.41 Å². The second-order valence-electron chi connectivity index (χ2n) is 15.2. The minimum absolute atomic E-state index is 0.565. The molecule has 0 saturated heterocycles. The van der Waals surface area contributed by atoms with Gasteiger partial charge in [0.1, 0.15) is 11.5 Å². The molecule has 0 bridgehead atoms. The highest BCUT2D eigenvalue weighted by atomic mass is 32.1. The molecule has 13 rings (SSSR count). The molecule has 1 aliphatic carbocycles. The van der Waals surface area contributed by atoms with Crippen LogP contribution in [0.1, 0.15) is 22.3 Å². The Balaban J connectivity index is 1.10. The van der Waals surface area contributed by atoms with E-state index in [1.54, 1.807) is 11.3 Å². The van der Waals surface area contributed by atoms with Gasteiger partial charge in [0.2, 0.25) is 0 Å². The molecule has 0 N–H and O–H groups in total. The van der Waals surface area contributed by atoms with Crippen LogP contribution in [0.2, 0.25) is 0 Å². The molecular weight excluding hydrogens is 713 g/mol. The zero-order chi connectivity index (χ0) is 37.2. The van der Waals surface area contributed by atoms with Crippen molar-refractivity contribution in [1.82, 2.24) is 9.97 Å². The molecule has 3 nitrogen and oxygen atoms in total.